The van der Waals surface area contributed by atoms with Gasteiger partial charge in [0.25, 0.3) is 0 Å². The number of para-hydroxylation sites is 1. The van der Waals surface area contributed by atoms with Crippen molar-refractivity contribution in [3.63, 3.8) is 0 Å². The van der Waals surface area contributed by atoms with Crippen molar-refractivity contribution in [3.05, 3.63) is 60.8 Å². The Bertz CT molecular complexity index is 1220. The molecule has 0 radical (unpaired) electrons. The van der Waals surface area contributed by atoms with Gasteiger partial charge < -0.3 is 19.3 Å². The van der Waals surface area contributed by atoms with Crippen LogP contribution in [0.15, 0.2) is 55.0 Å². The molecule has 0 unspecified atom stereocenters. The third kappa shape index (κ3) is 5.72. The molecule has 0 amide bonds. The normalized spacial score (nSPS) is 17.3. The van der Waals surface area contributed by atoms with Crippen molar-refractivity contribution < 1.29 is 13.9 Å². The SMILES string of the molecule is CC(C)CN1CC2(CCN(c3ncncc3Oc3ccc(F)cc3-c3ccccc3OC(C)C)CC2)C1. The van der Waals surface area contributed by atoms with Crippen molar-refractivity contribution in [2.45, 2.75) is 46.6 Å². The molecule has 2 aliphatic heterocycles. The molecule has 0 N–H and O–H groups in total. The lowest BCUT2D eigenvalue weighted by atomic mass is 9.71. The summed E-state index contributed by atoms with van der Waals surface area (Å²) in [6.07, 6.45) is 5.55. The number of likely N-dealkylation sites (tertiary alicyclic amines) is 1. The Morgan fingerprint density at radius 3 is 2.43 bits per heavy atom. The lowest BCUT2D eigenvalue weighted by Crippen LogP contribution is -2.60. The number of hydrogen-bond donors (Lipinski definition) is 0. The molecule has 0 aliphatic carbocycles. The molecule has 0 atom stereocenters. The summed E-state index contributed by atoms with van der Waals surface area (Å²) in [7, 11) is 0. The maximum Gasteiger partial charge on any atom is 0.188 e. The minimum atomic E-state index is -0.334. The van der Waals surface area contributed by atoms with Crippen LogP contribution < -0.4 is 14.4 Å². The molecule has 2 fully saturated rings. The molecule has 2 aliphatic rings. The average molecular weight is 505 g/mol. The number of halogens is 1. The number of anilines is 1. The fraction of sp³-hybridized carbons (Fsp3) is 0.467. The molecule has 1 aromatic heterocycles. The van der Waals surface area contributed by atoms with Crippen molar-refractivity contribution in [1.82, 2.24) is 14.9 Å². The molecule has 2 saturated heterocycles. The highest BCUT2D eigenvalue weighted by Gasteiger charge is 2.45. The number of ether oxygens (including phenoxy) is 2. The molecule has 5 rings (SSSR count). The first-order valence-corrected chi connectivity index (χ1v) is 13.3. The van der Waals surface area contributed by atoms with Gasteiger partial charge in [0.1, 0.15) is 23.6 Å². The van der Waals surface area contributed by atoms with Crippen LogP contribution in [0.1, 0.15) is 40.5 Å². The van der Waals surface area contributed by atoms with E-state index in [0.717, 1.165) is 37.3 Å². The zero-order chi connectivity index (χ0) is 26.0. The molecular formula is C30H37FN4O2. The lowest BCUT2D eigenvalue weighted by Gasteiger charge is -2.54. The molecule has 6 nitrogen and oxygen atoms in total. The molecule has 0 bridgehead atoms. The maximum absolute atomic E-state index is 14.4. The van der Waals surface area contributed by atoms with E-state index in [-0.39, 0.29) is 11.9 Å². The third-order valence-electron chi connectivity index (χ3n) is 7.23. The van der Waals surface area contributed by atoms with E-state index in [1.165, 1.54) is 31.8 Å². The third-order valence-corrected chi connectivity index (χ3v) is 7.23. The van der Waals surface area contributed by atoms with Crippen LogP contribution >= 0.6 is 0 Å². The van der Waals surface area contributed by atoms with Crippen molar-refractivity contribution in [1.29, 1.82) is 0 Å². The molecule has 1 spiro atoms. The van der Waals surface area contributed by atoms with E-state index in [2.05, 4.69) is 33.6 Å². The minimum Gasteiger partial charge on any atom is -0.490 e. The van der Waals surface area contributed by atoms with E-state index >= 15 is 0 Å². The minimum absolute atomic E-state index is 0.0104. The smallest absolute Gasteiger partial charge is 0.188 e. The number of nitrogens with zero attached hydrogens (tertiary/aromatic N) is 4. The van der Waals surface area contributed by atoms with Gasteiger partial charge in [0, 0.05) is 43.9 Å². The first kappa shape index (κ1) is 25.5. The van der Waals surface area contributed by atoms with Gasteiger partial charge in [-0.25, -0.2) is 14.4 Å². The predicted molar refractivity (Wildman–Crippen MR) is 145 cm³/mol. The second-order valence-corrected chi connectivity index (χ2v) is 11.2. The fourth-order valence-electron chi connectivity index (χ4n) is 5.64. The van der Waals surface area contributed by atoms with Crippen LogP contribution in [0.5, 0.6) is 17.2 Å². The van der Waals surface area contributed by atoms with Crippen molar-refractivity contribution in [3.8, 4) is 28.4 Å². The first-order chi connectivity index (χ1) is 17.8. The lowest BCUT2D eigenvalue weighted by molar-refractivity contribution is -0.0248. The highest BCUT2D eigenvalue weighted by atomic mass is 19.1. The van der Waals surface area contributed by atoms with E-state index in [1.807, 2.05) is 38.1 Å². The summed E-state index contributed by atoms with van der Waals surface area (Å²) < 4.78 is 26.8. The van der Waals surface area contributed by atoms with E-state index in [9.17, 15) is 4.39 Å². The van der Waals surface area contributed by atoms with Crippen molar-refractivity contribution >= 4 is 5.82 Å². The van der Waals surface area contributed by atoms with Crippen LogP contribution in [0.3, 0.4) is 0 Å². The zero-order valence-electron chi connectivity index (χ0n) is 22.3. The standard InChI is InChI=1S/C30H37FN4O2/c1-21(2)17-34-18-30(19-34)11-13-35(14-12-30)29-28(16-32-20-33-29)37-27-10-9-23(31)15-25(27)24-7-5-6-8-26(24)36-22(3)4/h5-10,15-16,20-22H,11-14,17-19H2,1-4H3. The summed E-state index contributed by atoms with van der Waals surface area (Å²) in [5.74, 6) is 2.95. The Kier molecular flexibility index (Phi) is 7.33. The van der Waals surface area contributed by atoms with Gasteiger partial charge in [0.05, 0.1) is 12.3 Å². The fourth-order valence-corrected chi connectivity index (χ4v) is 5.64. The maximum atomic E-state index is 14.4. The van der Waals surface area contributed by atoms with E-state index < -0.39 is 0 Å². The largest absolute Gasteiger partial charge is 0.490 e. The van der Waals surface area contributed by atoms with Crippen LogP contribution in [-0.2, 0) is 0 Å². The van der Waals surface area contributed by atoms with Gasteiger partial charge in [-0.05, 0) is 62.3 Å². The number of piperidine rings is 1. The van der Waals surface area contributed by atoms with Crippen molar-refractivity contribution in [2.24, 2.45) is 11.3 Å². The van der Waals surface area contributed by atoms with E-state index in [1.54, 1.807) is 18.6 Å². The van der Waals surface area contributed by atoms with Gasteiger partial charge in [-0.15, -0.1) is 0 Å². The molecule has 0 saturated carbocycles. The molecule has 7 heteroatoms. The zero-order valence-corrected chi connectivity index (χ0v) is 22.3. The van der Waals surface area contributed by atoms with Crippen LogP contribution in [0, 0.1) is 17.2 Å². The van der Waals surface area contributed by atoms with Crippen LogP contribution in [0.2, 0.25) is 0 Å². The van der Waals surface area contributed by atoms with Crippen LogP contribution in [-0.4, -0.2) is 53.7 Å². The molecule has 37 heavy (non-hydrogen) atoms. The number of aromatic nitrogens is 2. The van der Waals surface area contributed by atoms with E-state index in [4.69, 9.17) is 9.47 Å². The second-order valence-electron chi connectivity index (χ2n) is 11.2. The van der Waals surface area contributed by atoms with Gasteiger partial charge >= 0.3 is 0 Å². The molecule has 196 valence electrons. The number of hydrogen-bond acceptors (Lipinski definition) is 6. The quantitative estimate of drug-likeness (QED) is 0.353. The van der Waals surface area contributed by atoms with Crippen LogP contribution in [0.25, 0.3) is 11.1 Å². The van der Waals surface area contributed by atoms with Gasteiger partial charge in [0.15, 0.2) is 11.6 Å². The summed E-state index contributed by atoms with van der Waals surface area (Å²) >= 11 is 0. The highest BCUT2D eigenvalue weighted by molar-refractivity contribution is 5.76. The Balaban J connectivity index is 1.36. The number of rotatable bonds is 8. The van der Waals surface area contributed by atoms with E-state index in [0.29, 0.717) is 34.1 Å². The van der Waals surface area contributed by atoms with Gasteiger partial charge in [-0.3, -0.25) is 0 Å². The molecule has 3 heterocycles. The second kappa shape index (κ2) is 10.7. The molecule has 3 aromatic rings. The predicted octanol–water partition coefficient (Wildman–Crippen LogP) is 6.42. The van der Waals surface area contributed by atoms with Gasteiger partial charge in [-0.2, -0.15) is 0 Å². The summed E-state index contributed by atoms with van der Waals surface area (Å²) in [4.78, 5) is 13.7. The Morgan fingerprint density at radius 2 is 1.70 bits per heavy atom. The van der Waals surface area contributed by atoms with Crippen LogP contribution in [0.4, 0.5) is 10.2 Å². The highest BCUT2D eigenvalue weighted by Crippen LogP contribution is 2.44. The molecule has 2 aromatic carbocycles. The first-order valence-electron chi connectivity index (χ1n) is 13.3. The number of benzene rings is 2. The van der Waals surface area contributed by atoms with Crippen molar-refractivity contribution in [2.75, 3.05) is 37.6 Å². The van der Waals surface area contributed by atoms with Gasteiger partial charge in [-0.1, -0.05) is 32.0 Å². The summed E-state index contributed by atoms with van der Waals surface area (Å²) in [6.45, 7) is 14.0. The summed E-state index contributed by atoms with van der Waals surface area (Å²) in [6, 6.07) is 12.2. The Labute approximate surface area is 219 Å². The Hall–Kier alpha value is -3.19. The average Bonchev–Trinajstić information content (AvgIpc) is 2.85. The summed E-state index contributed by atoms with van der Waals surface area (Å²) in [5.41, 5.74) is 1.84. The monoisotopic (exact) mass is 504 g/mol. The summed E-state index contributed by atoms with van der Waals surface area (Å²) in [5, 5.41) is 0. The molecular weight excluding hydrogens is 467 g/mol. The van der Waals surface area contributed by atoms with Gasteiger partial charge in [0.2, 0.25) is 0 Å². The topological polar surface area (TPSA) is 50.7 Å². The Morgan fingerprint density at radius 1 is 0.946 bits per heavy atom.